The molecule has 0 spiro atoms. The van der Waals surface area contributed by atoms with Crippen molar-refractivity contribution in [2.75, 3.05) is 34.4 Å². The number of amides is 2. The van der Waals surface area contributed by atoms with Gasteiger partial charge in [-0.1, -0.05) is 0 Å². The summed E-state index contributed by atoms with van der Waals surface area (Å²) in [5.41, 5.74) is 1.80. The maximum absolute atomic E-state index is 12.8. The van der Waals surface area contributed by atoms with E-state index in [2.05, 4.69) is 0 Å². The van der Waals surface area contributed by atoms with Crippen LogP contribution in [0.3, 0.4) is 0 Å². The molecule has 1 aliphatic heterocycles. The summed E-state index contributed by atoms with van der Waals surface area (Å²) >= 11 is 0. The van der Waals surface area contributed by atoms with Crippen LogP contribution in [-0.2, 0) is 17.3 Å². The molecule has 0 radical (unpaired) electrons. The molecule has 10 nitrogen and oxygen atoms in total. The van der Waals surface area contributed by atoms with Gasteiger partial charge in [0.05, 0.1) is 25.6 Å². The molecule has 2 heterocycles. The van der Waals surface area contributed by atoms with E-state index in [1.54, 1.807) is 14.2 Å². The Labute approximate surface area is 209 Å². The van der Waals surface area contributed by atoms with Crippen LogP contribution in [0.15, 0.2) is 48.5 Å². The molecule has 0 saturated carbocycles. The quantitative estimate of drug-likeness (QED) is 0.397. The van der Waals surface area contributed by atoms with E-state index in [0.717, 1.165) is 16.8 Å². The van der Waals surface area contributed by atoms with Crippen molar-refractivity contribution in [1.29, 1.82) is 0 Å². The molecule has 190 valence electrons. The number of piperidine rings is 1. The van der Waals surface area contributed by atoms with Crippen molar-refractivity contribution in [3.63, 3.8) is 0 Å². The average Bonchev–Trinajstić information content (AvgIpc) is 3.25. The van der Waals surface area contributed by atoms with Gasteiger partial charge in [0, 0.05) is 38.3 Å². The lowest BCUT2D eigenvalue weighted by molar-refractivity contribution is -0.146. The van der Waals surface area contributed by atoms with Crippen LogP contribution in [0.4, 0.5) is 4.79 Å². The molecule has 10 heteroatoms. The van der Waals surface area contributed by atoms with Gasteiger partial charge in [0.25, 0.3) is 0 Å². The highest BCUT2D eigenvalue weighted by molar-refractivity contribution is 5.85. The minimum absolute atomic E-state index is 0.164. The summed E-state index contributed by atoms with van der Waals surface area (Å²) in [4.78, 5) is 31.3. The number of imidazole rings is 1. The van der Waals surface area contributed by atoms with Gasteiger partial charge in [-0.3, -0.25) is 10.0 Å². The van der Waals surface area contributed by atoms with Gasteiger partial charge in [-0.15, -0.1) is 0 Å². The van der Waals surface area contributed by atoms with Gasteiger partial charge in [-0.05, 0) is 61.4 Å². The third-order valence-electron chi connectivity index (χ3n) is 6.82. The summed E-state index contributed by atoms with van der Waals surface area (Å²) in [6.45, 7) is 0.358. The van der Waals surface area contributed by atoms with Crippen LogP contribution < -0.4 is 9.47 Å². The third kappa shape index (κ3) is 4.35. The van der Waals surface area contributed by atoms with Crippen molar-refractivity contribution >= 4 is 12.0 Å². The molecule has 1 saturated heterocycles. The second kappa shape index (κ2) is 9.90. The van der Waals surface area contributed by atoms with Crippen LogP contribution in [-0.4, -0.2) is 76.2 Å². The van der Waals surface area contributed by atoms with Crippen LogP contribution in [0.2, 0.25) is 0 Å². The van der Waals surface area contributed by atoms with Gasteiger partial charge in [0.15, 0.2) is 0 Å². The van der Waals surface area contributed by atoms with Crippen molar-refractivity contribution in [2.24, 2.45) is 7.05 Å². The number of carbonyl (C=O) groups is 2. The Hall–Kier alpha value is -4.05. The Morgan fingerprint density at radius 2 is 1.44 bits per heavy atom. The number of aromatic nitrogens is 2. The average molecular weight is 495 g/mol. The summed E-state index contributed by atoms with van der Waals surface area (Å²) in [5.74, 6) is 0.826. The van der Waals surface area contributed by atoms with E-state index in [0.29, 0.717) is 28.1 Å². The van der Waals surface area contributed by atoms with Crippen molar-refractivity contribution < 1.29 is 29.4 Å². The number of likely N-dealkylation sites (tertiary alicyclic amines) is 1. The maximum atomic E-state index is 12.8. The van der Waals surface area contributed by atoms with E-state index >= 15 is 0 Å². The molecule has 36 heavy (non-hydrogen) atoms. The number of methoxy groups -OCH3 is 2. The van der Waals surface area contributed by atoms with Crippen LogP contribution in [0.5, 0.6) is 11.5 Å². The molecule has 0 bridgehead atoms. The zero-order valence-electron chi connectivity index (χ0n) is 20.8. The molecule has 2 aromatic carbocycles. The van der Waals surface area contributed by atoms with Gasteiger partial charge in [-0.25, -0.2) is 14.8 Å². The van der Waals surface area contributed by atoms with Crippen molar-refractivity contribution in [1.82, 2.24) is 19.5 Å². The van der Waals surface area contributed by atoms with Crippen LogP contribution in [0.1, 0.15) is 18.7 Å². The number of aliphatic carboxylic acids is 1. The largest absolute Gasteiger partial charge is 0.497 e. The summed E-state index contributed by atoms with van der Waals surface area (Å²) in [6.07, 6.45) is 0.327. The molecule has 3 aromatic rings. The number of rotatable bonds is 6. The number of carboxylic acid groups (broad SMARTS) is 1. The number of benzene rings is 2. The molecule has 4 rings (SSSR count). The summed E-state index contributed by atoms with van der Waals surface area (Å²) in [5, 5.41) is 20.5. The first-order chi connectivity index (χ1) is 17.2. The second-order valence-electron chi connectivity index (χ2n) is 8.83. The molecular formula is C26H30N4O6. The molecule has 1 fully saturated rings. The fourth-order valence-electron chi connectivity index (χ4n) is 4.77. The Bertz CT molecular complexity index is 1240. The lowest BCUT2D eigenvalue weighted by Crippen LogP contribution is -2.52. The Balaban J connectivity index is 1.84. The zero-order valence-corrected chi connectivity index (χ0v) is 20.8. The summed E-state index contributed by atoms with van der Waals surface area (Å²) in [7, 11) is 6.27. The number of carboxylic acids is 1. The van der Waals surface area contributed by atoms with E-state index in [1.807, 2.05) is 60.1 Å². The first-order valence-electron chi connectivity index (χ1n) is 11.5. The second-order valence-corrected chi connectivity index (χ2v) is 8.83. The third-order valence-corrected chi connectivity index (χ3v) is 6.82. The lowest BCUT2D eigenvalue weighted by atomic mass is 9.77. The fraction of sp³-hybridized carbons (Fsp3) is 0.346. The monoisotopic (exact) mass is 494 g/mol. The van der Waals surface area contributed by atoms with E-state index in [4.69, 9.17) is 14.5 Å². The van der Waals surface area contributed by atoms with Crippen LogP contribution in [0.25, 0.3) is 22.5 Å². The molecule has 2 N–H and O–H groups in total. The number of ether oxygens (including phenoxy) is 2. The topological polar surface area (TPSA) is 117 Å². The zero-order chi connectivity index (χ0) is 26.0. The predicted molar refractivity (Wildman–Crippen MR) is 132 cm³/mol. The highest BCUT2D eigenvalue weighted by Crippen LogP contribution is 2.41. The molecule has 2 amide bonds. The summed E-state index contributed by atoms with van der Waals surface area (Å²) in [6, 6.07) is 14.4. The van der Waals surface area contributed by atoms with Crippen LogP contribution >= 0.6 is 0 Å². The van der Waals surface area contributed by atoms with Gasteiger partial charge in [0.2, 0.25) is 0 Å². The highest BCUT2D eigenvalue weighted by Gasteiger charge is 2.48. The summed E-state index contributed by atoms with van der Waals surface area (Å²) < 4.78 is 12.4. The first kappa shape index (κ1) is 25.1. The van der Waals surface area contributed by atoms with Crippen molar-refractivity contribution in [3.8, 4) is 34.0 Å². The highest BCUT2D eigenvalue weighted by atomic mass is 16.5. The number of nitrogens with zero attached hydrogens (tertiary/aromatic N) is 4. The Morgan fingerprint density at radius 3 is 1.89 bits per heavy atom. The Kier molecular flexibility index (Phi) is 6.89. The SMILES string of the molecule is COc1ccc(-c2nc(C3(C(=O)O)CCN(C(=O)N(C)O)CC3)n(C)c2-c2ccc(OC)cc2)cc1. The normalized spacial score (nSPS) is 14.9. The smallest absolute Gasteiger partial charge is 0.343 e. The van der Waals surface area contributed by atoms with E-state index < -0.39 is 17.4 Å². The molecule has 0 aliphatic carbocycles. The first-order valence-corrected chi connectivity index (χ1v) is 11.5. The molecule has 0 unspecified atom stereocenters. The van der Waals surface area contributed by atoms with Gasteiger partial charge in [0.1, 0.15) is 22.7 Å². The molecule has 1 aliphatic rings. The number of hydrogen-bond donors (Lipinski definition) is 2. The lowest BCUT2D eigenvalue weighted by Gasteiger charge is -2.38. The standard InChI is InChI=1S/C26H30N4O6/c1-28-22(18-7-11-20(36-4)12-8-18)21(17-5-9-19(35-3)10-6-17)27-23(28)26(24(31)32)13-15-30(16-14-26)25(33)29(2)34/h5-12,34H,13-16H2,1-4H3,(H,31,32). The minimum atomic E-state index is -1.30. The van der Waals surface area contributed by atoms with Crippen molar-refractivity contribution in [2.45, 2.75) is 18.3 Å². The molecule has 1 aromatic heterocycles. The van der Waals surface area contributed by atoms with E-state index in [9.17, 15) is 19.9 Å². The van der Waals surface area contributed by atoms with Crippen LogP contribution in [0, 0.1) is 0 Å². The molecular weight excluding hydrogens is 464 g/mol. The number of carbonyl (C=O) groups excluding carboxylic acids is 1. The van der Waals surface area contributed by atoms with Gasteiger partial charge < -0.3 is 24.0 Å². The van der Waals surface area contributed by atoms with E-state index in [-0.39, 0.29) is 25.9 Å². The number of hydroxylamine groups is 2. The maximum Gasteiger partial charge on any atom is 0.343 e. The Morgan fingerprint density at radius 1 is 0.944 bits per heavy atom. The number of urea groups is 1. The predicted octanol–water partition coefficient (Wildman–Crippen LogP) is 3.63. The molecule has 0 atom stereocenters. The van der Waals surface area contributed by atoms with E-state index in [1.165, 1.54) is 11.9 Å². The number of hydrogen-bond acceptors (Lipinski definition) is 6. The van der Waals surface area contributed by atoms with Gasteiger partial charge >= 0.3 is 12.0 Å². The fourth-order valence-corrected chi connectivity index (χ4v) is 4.77. The minimum Gasteiger partial charge on any atom is -0.497 e. The van der Waals surface area contributed by atoms with Gasteiger partial charge in [-0.2, -0.15) is 0 Å². The van der Waals surface area contributed by atoms with Crippen molar-refractivity contribution in [3.05, 3.63) is 54.4 Å².